The van der Waals surface area contributed by atoms with E-state index in [2.05, 4.69) is 60.9 Å². The lowest BCUT2D eigenvalue weighted by Crippen LogP contribution is -2.29. The van der Waals surface area contributed by atoms with Crippen LogP contribution in [0.3, 0.4) is 0 Å². The SMILES string of the molecule is CCCCC/C=C\C/C=C\C/C=C\CCCCC(=O)O[C@H](COC(=O)CCC/C=C\C/C=C\C=C\[C@H](O)C/C=C\CCCCC)COP(=O)(O)O. The molecule has 0 spiro atoms. The molecule has 9 nitrogen and oxygen atoms in total. The van der Waals surface area contributed by atoms with Gasteiger partial charge in [-0.3, -0.25) is 14.1 Å². The van der Waals surface area contributed by atoms with Gasteiger partial charge in [-0.05, 0) is 83.5 Å². The van der Waals surface area contributed by atoms with Crippen molar-refractivity contribution in [1.29, 1.82) is 0 Å². The average molecular weight is 735 g/mol. The van der Waals surface area contributed by atoms with Crippen molar-refractivity contribution < 1.29 is 43.0 Å². The van der Waals surface area contributed by atoms with E-state index in [-0.39, 0.29) is 19.4 Å². The van der Waals surface area contributed by atoms with Gasteiger partial charge in [0.1, 0.15) is 6.61 Å². The lowest BCUT2D eigenvalue weighted by molar-refractivity contribution is -0.161. The fourth-order valence-corrected chi connectivity index (χ4v) is 4.93. The number of hydrogen-bond donors (Lipinski definition) is 3. The molecule has 0 amide bonds. The molecule has 2 atom stereocenters. The third-order valence-electron chi connectivity index (χ3n) is 7.47. The topological polar surface area (TPSA) is 140 Å². The molecule has 0 aliphatic rings. The van der Waals surface area contributed by atoms with Gasteiger partial charge in [-0.15, -0.1) is 0 Å². The Morgan fingerprint density at radius 3 is 1.71 bits per heavy atom. The van der Waals surface area contributed by atoms with Crippen LogP contribution in [0, 0.1) is 0 Å². The van der Waals surface area contributed by atoms with Crippen molar-refractivity contribution in [3.8, 4) is 0 Å². The number of aliphatic hydroxyl groups is 1. The zero-order valence-corrected chi connectivity index (χ0v) is 32.2. The van der Waals surface area contributed by atoms with E-state index >= 15 is 0 Å². The molecule has 290 valence electrons. The normalized spacial score (nSPS) is 14.1. The first kappa shape index (κ1) is 48.2. The van der Waals surface area contributed by atoms with Gasteiger partial charge in [-0.1, -0.05) is 125 Å². The van der Waals surface area contributed by atoms with E-state index in [0.29, 0.717) is 25.7 Å². The molecule has 0 unspecified atom stereocenters. The zero-order valence-electron chi connectivity index (χ0n) is 31.3. The Kier molecular flexibility index (Phi) is 33.6. The minimum absolute atomic E-state index is 0.134. The van der Waals surface area contributed by atoms with Crippen molar-refractivity contribution in [1.82, 2.24) is 0 Å². The number of unbranched alkanes of at least 4 members (excludes halogenated alkanes) is 9. The van der Waals surface area contributed by atoms with Crippen LogP contribution in [0.15, 0.2) is 85.1 Å². The molecule has 0 aromatic rings. The molecule has 0 aliphatic carbocycles. The quantitative estimate of drug-likeness (QED) is 0.0198. The molecular formula is C41H67O9P. The van der Waals surface area contributed by atoms with Gasteiger partial charge in [0.2, 0.25) is 0 Å². The standard InChI is InChI=1S/C41H67O9P/c1-3-5-7-9-11-12-13-14-15-16-17-18-23-27-31-35-41(44)50-39(37-49-51(45,46)47)36-48-40(43)34-30-26-22-20-19-21-25-29-33-38(42)32-28-24-10-8-6-4-2/h11-12,14-15,17-18,20-22,24-25,28-29,33,38-39,42H,3-10,13,16,19,23,26-27,30-32,34-37H2,1-2H3,(H2,45,46,47)/b12-11-,15-14-,18-17-,22-20-,25-21-,28-24-,33-29+/t38-,39-/m1/s1. The first-order valence-corrected chi connectivity index (χ1v) is 20.5. The van der Waals surface area contributed by atoms with Crippen molar-refractivity contribution in [2.75, 3.05) is 13.2 Å². The number of rotatable bonds is 33. The number of aliphatic hydroxyl groups excluding tert-OH is 1. The van der Waals surface area contributed by atoms with E-state index in [1.807, 2.05) is 36.5 Å². The Labute approximate surface area is 308 Å². The lowest BCUT2D eigenvalue weighted by atomic mass is 10.1. The highest BCUT2D eigenvalue weighted by atomic mass is 31.2. The van der Waals surface area contributed by atoms with E-state index in [0.717, 1.165) is 44.9 Å². The van der Waals surface area contributed by atoms with Crippen molar-refractivity contribution in [2.45, 2.75) is 148 Å². The number of hydrogen-bond acceptors (Lipinski definition) is 7. The molecule has 0 bridgehead atoms. The Morgan fingerprint density at radius 1 is 0.608 bits per heavy atom. The molecule has 0 saturated carbocycles. The number of carbonyl (C=O) groups is 2. The number of allylic oxidation sites excluding steroid dienone is 12. The lowest BCUT2D eigenvalue weighted by Gasteiger charge is -2.18. The molecule has 0 rings (SSSR count). The fourth-order valence-electron chi connectivity index (χ4n) is 4.57. The van der Waals surface area contributed by atoms with Gasteiger partial charge in [-0.2, -0.15) is 0 Å². The number of phosphoric acid groups is 1. The molecule has 0 radical (unpaired) electrons. The second-order valence-corrected chi connectivity index (χ2v) is 13.6. The summed E-state index contributed by atoms with van der Waals surface area (Å²) in [7, 11) is -4.79. The summed E-state index contributed by atoms with van der Waals surface area (Å²) in [6, 6.07) is 0. The van der Waals surface area contributed by atoms with Gasteiger partial charge in [0.15, 0.2) is 6.10 Å². The predicted octanol–water partition coefficient (Wildman–Crippen LogP) is 10.3. The van der Waals surface area contributed by atoms with Gasteiger partial charge >= 0.3 is 19.8 Å². The number of phosphoric ester groups is 1. The average Bonchev–Trinajstić information content (AvgIpc) is 3.09. The summed E-state index contributed by atoms with van der Waals surface area (Å²) < 4.78 is 26.2. The van der Waals surface area contributed by atoms with Crippen LogP contribution in [0.1, 0.15) is 136 Å². The van der Waals surface area contributed by atoms with Crippen molar-refractivity contribution in [3.63, 3.8) is 0 Å². The van der Waals surface area contributed by atoms with Crippen LogP contribution in [0.2, 0.25) is 0 Å². The smallest absolute Gasteiger partial charge is 0.462 e. The summed E-state index contributed by atoms with van der Waals surface area (Å²) in [4.78, 5) is 42.7. The summed E-state index contributed by atoms with van der Waals surface area (Å²) in [6.45, 7) is 3.45. The highest BCUT2D eigenvalue weighted by Gasteiger charge is 2.22. The number of ether oxygens (including phenoxy) is 2. The first-order valence-electron chi connectivity index (χ1n) is 19.0. The highest BCUT2D eigenvalue weighted by molar-refractivity contribution is 7.46. The molecular weight excluding hydrogens is 667 g/mol. The van der Waals surface area contributed by atoms with E-state index in [4.69, 9.17) is 19.3 Å². The van der Waals surface area contributed by atoms with Gasteiger partial charge < -0.3 is 24.4 Å². The van der Waals surface area contributed by atoms with Crippen molar-refractivity contribution in [3.05, 3.63) is 85.1 Å². The van der Waals surface area contributed by atoms with Gasteiger partial charge in [0.05, 0.1) is 12.7 Å². The first-order chi connectivity index (χ1) is 24.7. The Morgan fingerprint density at radius 2 is 1.12 bits per heavy atom. The molecule has 0 saturated heterocycles. The minimum atomic E-state index is -4.79. The summed E-state index contributed by atoms with van der Waals surface area (Å²) in [5, 5.41) is 9.98. The van der Waals surface area contributed by atoms with E-state index in [1.165, 1.54) is 38.5 Å². The van der Waals surface area contributed by atoms with E-state index in [9.17, 15) is 19.3 Å². The summed E-state index contributed by atoms with van der Waals surface area (Å²) in [5.41, 5.74) is 0. The van der Waals surface area contributed by atoms with Crippen LogP contribution in [0.5, 0.6) is 0 Å². The van der Waals surface area contributed by atoms with E-state index < -0.39 is 38.6 Å². The van der Waals surface area contributed by atoms with Crippen LogP contribution in [0.4, 0.5) is 0 Å². The van der Waals surface area contributed by atoms with Crippen LogP contribution < -0.4 is 0 Å². The Bertz CT molecular complexity index is 1110. The highest BCUT2D eigenvalue weighted by Crippen LogP contribution is 2.35. The maximum Gasteiger partial charge on any atom is 0.469 e. The van der Waals surface area contributed by atoms with E-state index in [1.54, 1.807) is 6.08 Å². The molecule has 0 aromatic carbocycles. The largest absolute Gasteiger partial charge is 0.469 e. The van der Waals surface area contributed by atoms with Crippen molar-refractivity contribution >= 4 is 19.8 Å². The predicted molar refractivity (Wildman–Crippen MR) is 208 cm³/mol. The zero-order chi connectivity index (χ0) is 37.7. The molecule has 0 aliphatic heterocycles. The third kappa shape index (κ3) is 38.3. The second-order valence-electron chi connectivity index (χ2n) is 12.4. The summed E-state index contributed by atoms with van der Waals surface area (Å²) in [5.74, 6) is -1.04. The molecule has 10 heteroatoms. The van der Waals surface area contributed by atoms with Crippen molar-refractivity contribution in [2.24, 2.45) is 0 Å². The molecule has 51 heavy (non-hydrogen) atoms. The monoisotopic (exact) mass is 734 g/mol. The fraction of sp³-hybridized carbons (Fsp3) is 0.610. The van der Waals surface area contributed by atoms with Crippen LogP contribution in [-0.2, 0) is 28.2 Å². The molecule has 0 heterocycles. The van der Waals surface area contributed by atoms with Gasteiger partial charge in [0.25, 0.3) is 0 Å². The Balaban J connectivity index is 4.23. The van der Waals surface area contributed by atoms with Gasteiger partial charge in [0, 0.05) is 12.8 Å². The Hall–Kier alpha value is -2.81. The van der Waals surface area contributed by atoms with Crippen LogP contribution in [-0.4, -0.2) is 52.3 Å². The molecule has 0 fully saturated rings. The minimum Gasteiger partial charge on any atom is -0.462 e. The van der Waals surface area contributed by atoms with Crippen LogP contribution >= 0.6 is 7.82 Å². The maximum absolute atomic E-state index is 12.3. The third-order valence-corrected chi connectivity index (χ3v) is 7.95. The summed E-state index contributed by atoms with van der Waals surface area (Å²) >= 11 is 0. The summed E-state index contributed by atoms with van der Waals surface area (Å²) in [6.07, 6.45) is 43.4. The maximum atomic E-state index is 12.3. The number of esters is 2. The van der Waals surface area contributed by atoms with Crippen LogP contribution in [0.25, 0.3) is 0 Å². The number of carbonyl (C=O) groups excluding carboxylic acids is 2. The second kappa shape index (κ2) is 35.6. The molecule has 0 aromatic heterocycles. The van der Waals surface area contributed by atoms with Gasteiger partial charge in [-0.25, -0.2) is 4.57 Å². The molecule has 3 N–H and O–H groups in total.